The summed E-state index contributed by atoms with van der Waals surface area (Å²) in [6, 6.07) is 4.06. The molecule has 1 amide bonds. The van der Waals surface area contributed by atoms with Crippen molar-refractivity contribution in [2.75, 3.05) is 19.6 Å². The number of phenolic OH excluding ortho intramolecular Hbond substituents is 1. The lowest BCUT2D eigenvalue weighted by Gasteiger charge is -2.31. The predicted octanol–water partition coefficient (Wildman–Crippen LogP) is 0.199. The lowest BCUT2D eigenvalue weighted by atomic mass is 10.1. The van der Waals surface area contributed by atoms with Gasteiger partial charge in [0, 0.05) is 19.6 Å². The van der Waals surface area contributed by atoms with E-state index in [1.165, 1.54) is 11.0 Å². The number of piperazine rings is 1. The van der Waals surface area contributed by atoms with Crippen LogP contribution in [0.2, 0.25) is 0 Å². The minimum absolute atomic E-state index is 0.0737. The molecule has 1 aromatic rings. The minimum atomic E-state index is -0.981. The van der Waals surface area contributed by atoms with Crippen molar-refractivity contribution in [1.29, 1.82) is 0 Å². The Hall–Kier alpha value is -2.08. The van der Waals surface area contributed by atoms with Crippen LogP contribution in [0.5, 0.6) is 5.75 Å². The number of carbonyl (C=O) groups is 2. The van der Waals surface area contributed by atoms with E-state index in [2.05, 4.69) is 5.32 Å². The Balaban J connectivity index is 2.17. The van der Waals surface area contributed by atoms with Crippen molar-refractivity contribution < 1.29 is 19.8 Å². The van der Waals surface area contributed by atoms with Gasteiger partial charge in [0.15, 0.2) is 0 Å². The third-order valence-electron chi connectivity index (χ3n) is 3.14. The van der Waals surface area contributed by atoms with Crippen molar-refractivity contribution in [2.24, 2.45) is 0 Å². The van der Waals surface area contributed by atoms with Crippen LogP contribution in [-0.2, 0) is 4.79 Å². The normalized spacial score (nSPS) is 19.2. The van der Waals surface area contributed by atoms with Crippen LogP contribution in [0.25, 0.3) is 0 Å². The fourth-order valence-electron chi connectivity index (χ4n) is 2.09. The second-order valence-electron chi connectivity index (χ2n) is 4.62. The second kappa shape index (κ2) is 5.27. The number of carbonyl (C=O) groups excluding carboxylic acids is 1. The Kier molecular flexibility index (Phi) is 3.71. The van der Waals surface area contributed by atoms with Crippen LogP contribution in [-0.4, -0.2) is 52.7 Å². The summed E-state index contributed by atoms with van der Waals surface area (Å²) in [4.78, 5) is 24.6. The number of nitrogens with zero attached hydrogens (tertiary/aromatic N) is 1. The maximum atomic E-state index is 12.2. The molecule has 2 rings (SSSR count). The number of aromatic hydroxyl groups is 1. The van der Waals surface area contributed by atoms with Gasteiger partial charge in [0.25, 0.3) is 5.91 Å². The molecule has 1 saturated heterocycles. The molecular weight excluding hydrogens is 248 g/mol. The van der Waals surface area contributed by atoms with Gasteiger partial charge in [-0.05, 0) is 24.6 Å². The average Bonchev–Trinajstić information content (AvgIpc) is 2.38. The number of hydrogen-bond acceptors (Lipinski definition) is 4. The number of rotatable bonds is 2. The number of carboxylic acids is 1. The molecule has 0 bridgehead atoms. The van der Waals surface area contributed by atoms with Crippen LogP contribution in [0.1, 0.15) is 15.9 Å². The van der Waals surface area contributed by atoms with E-state index in [1.54, 1.807) is 12.1 Å². The summed E-state index contributed by atoms with van der Waals surface area (Å²) in [5.41, 5.74) is 1.06. The fraction of sp³-hybridized carbons (Fsp3) is 0.385. The molecule has 1 heterocycles. The summed E-state index contributed by atoms with van der Waals surface area (Å²) in [5, 5.41) is 21.6. The molecule has 3 N–H and O–H groups in total. The van der Waals surface area contributed by atoms with E-state index in [-0.39, 0.29) is 23.8 Å². The number of nitrogens with one attached hydrogen (secondary N) is 1. The van der Waals surface area contributed by atoms with Crippen LogP contribution in [0.15, 0.2) is 18.2 Å². The summed E-state index contributed by atoms with van der Waals surface area (Å²) in [6.07, 6.45) is 0. The van der Waals surface area contributed by atoms with E-state index < -0.39 is 12.0 Å². The first-order valence-corrected chi connectivity index (χ1v) is 6.04. The van der Waals surface area contributed by atoms with E-state index >= 15 is 0 Å². The highest BCUT2D eigenvalue weighted by molar-refractivity contribution is 5.97. The summed E-state index contributed by atoms with van der Waals surface area (Å²) >= 11 is 0. The first-order valence-electron chi connectivity index (χ1n) is 6.04. The third kappa shape index (κ3) is 2.85. The summed E-state index contributed by atoms with van der Waals surface area (Å²) in [5.74, 6) is -1.40. The predicted molar refractivity (Wildman–Crippen MR) is 68.2 cm³/mol. The summed E-state index contributed by atoms with van der Waals surface area (Å²) < 4.78 is 0. The van der Waals surface area contributed by atoms with Crippen LogP contribution >= 0.6 is 0 Å². The third-order valence-corrected chi connectivity index (χ3v) is 3.14. The Morgan fingerprint density at radius 3 is 2.79 bits per heavy atom. The molecular formula is C13H16N2O4. The molecule has 1 aliphatic rings. The lowest BCUT2D eigenvalue weighted by Crippen LogP contribution is -2.55. The van der Waals surface area contributed by atoms with Crippen molar-refractivity contribution in [1.82, 2.24) is 10.2 Å². The molecule has 19 heavy (non-hydrogen) atoms. The van der Waals surface area contributed by atoms with Gasteiger partial charge in [-0.3, -0.25) is 9.59 Å². The number of aryl methyl sites for hydroxylation is 1. The van der Waals surface area contributed by atoms with Gasteiger partial charge in [0.1, 0.15) is 11.8 Å². The Bertz CT molecular complexity index is 515. The highest BCUT2D eigenvalue weighted by Crippen LogP contribution is 2.20. The molecule has 1 aliphatic heterocycles. The van der Waals surface area contributed by atoms with E-state index in [4.69, 9.17) is 5.11 Å². The molecule has 1 unspecified atom stereocenters. The number of amides is 1. The minimum Gasteiger partial charge on any atom is -0.507 e. The SMILES string of the molecule is Cc1ccc(C(=O)N2CCNC(C(=O)O)C2)c(O)c1. The van der Waals surface area contributed by atoms with Crippen molar-refractivity contribution in [3.05, 3.63) is 29.3 Å². The van der Waals surface area contributed by atoms with Gasteiger partial charge in [-0.25, -0.2) is 0 Å². The molecule has 1 aromatic carbocycles. The maximum Gasteiger partial charge on any atom is 0.322 e. The van der Waals surface area contributed by atoms with Crippen molar-refractivity contribution in [3.63, 3.8) is 0 Å². The van der Waals surface area contributed by atoms with Crippen LogP contribution in [0.3, 0.4) is 0 Å². The quantitative estimate of drug-likeness (QED) is 0.710. The average molecular weight is 264 g/mol. The maximum absolute atomic E-state index is 12.2. The van der Waals surface area contributed by atoms with E-state index in [1.807, 2.05) is 6.92 Å². The molecule has 0 spiro atoms. The number of benzene rings is 1. The van der Waals surface area contributed by atoms with Gasteiger partial charge in [-0.1, -0.05) is 6.07 Å². The zero-order valence-electron chi connectivity index (χ0n) is 10.6. The monoisotopic (exact) mass is 264 g/mol. The van der Waals surface area contributed by atoms with E-state index in [0.717, 1.165) is 5.56 Å². The van der Waals surface area contributed by atoms with Gasteiger partial charge in [-0.15, -0.1) is 0 Å². The summed E-state index contributed by atoms with van der Waals surface area (Å²) in [6.45, 7) is 2.77. The Morgan fingerprint density at radius 1 is 1.42 bits per heavy atom. The van der Waals surface area contributed by atoms with E-state index in [9.17, 15) is 14.7 Å². The first-order chi connectivity index (χ1) is 8.99. The molecule has 0 aliphatic carbocycles. The largest absolute Gasteiger partial charge is 0.507 e. The van der Waals surface area contributed by atoms with E-state index in [0.29, 0.717) is 13.1 Å². The number of hydrogen-bond donors (Lipinski definition) is 3. The highest BCUT2D eigenvalue weighted by Gasteiger charge is 2.29. The number of phenols is 1. The molecule has 0 saturated carbocycles. The zero-order chi connectivity index (χ0) is 14.0. The molecule has 1 atom stereocenters. The van der Waals surface area contributed by atoms with Crippen molar-refractivity contribution in [3.8, 4) is 5.75 Å². The highest BCUT2D eigenvalue weighted by atomic mass is 16.4. The number of carboxylic acid groups (broad SMARTS) is 1. The Morgan fingerprint density at radius 2 is 2.16 bits per heavy atom. The second-order valence-corrected chi connectivity index (χ2v) is 4.62. The van der Waals surface area contributed by atoms with Crippen molar-refractivity contribution >= 4 is 11.9 Å². The fourth-order valence-corrected chi connectivity index (χ4v) is 2.09. The standard InChI is InChI=1S/C13H16N2O4/c1-8-2-3-9(11(16)6-8)12(17)15-5-4-14-10(7-15)13(18)19/h2-3,6,10,14,16H,4-5,7H2,1H3,(H,18,19). The van der Waals surface area contributed by atoms with Crippen molar-refractivity contribution in [2.45, 2.75) is 13.0 Å². The molecule has 6 nitrogen and oxygen atoms in total. The van der Waals surface area contributed by atoms with Crippen LogP contribution in [0.4, 0.5) is 0 Å². The lowest BCUT2D eigenvalue weighted by molar-refractivity contribution is -0.140. The molecule has 102 valence electrons. The van der Waals surface area contributed by atoms with Gasteiger partial charge >= 0.3 is 5.97 Å². The van der Waals surface area contributed by atoms with Gasteiger partial charge in [0.05, 0.1) is 5.56 Å². The van der Waals surface area contributed by atoms with Gasteiger partial charge < -0.3 is 20.4 Å². The van der Waals surface area contributed by atoms with Gasteiger partial charge in [0.2, 0.25) is 0 Å². The molecule has 1 fully saturated rings. The zero-order valence-corrected chi connectivity index (χ0v) is 10.6. The summed E-state index contributed by atoms with van der Waals surface area (Å²) in [7, 11) is 0. The smallest absolute Gasteiger partial charge is 0.322 e. The van der Waals surface area contributed by atoms with Crippen LogP contribution < -0.4 is 5.32 Å². The molecule has 0 radical (unpaired) electrons. The number of aliphatic carboxylic acids is 1. The Labute approximate surface area is 110 Å². The molecule has 0 aromatic heterocycles. The first kappa shape index (κ1) is 13.4. The van der Waals surface area contributed by atoms with Gasteiger partial charge in [-0.2, -0.15) is 0 Å². The molecule has 6 heteroatoms. The van der Waals surface area contributed by atoms with Crippen LogP contribution in [0, 0.1) is 6.92 Å². The topological polar surface area (TPSA) is 89.9 Å².